The molecule has 0 saturated heterocycles. The molecular formula is C18H10F2N2O3S. The van der Waals surface area contributed by atoms with E-state index in [9.17, 15) is 18.4 Å². The van der Waals surface area contributed by atoms with E-state index < -0.39 is 22.8 Å². The van der Waals surface area contributed by atoms with Gasteiger partial charge in [0.2, 0.25) is 11.4 Å². The Kier molecular flexibility index (Phi) is 3.96. The van der Waals surface area contributed by atoms with Crippen molar-refractivity contribution in [3.8, 4) is 5.82 Å². The number of hydrogen-bond donors (Lipinski definition) is 0. The molecule has 0 spiro atoms. The molecule has 2 heterocycles. The van der Waals surface area contributed by atoms with Gasteiger partial charge in [0.1, 0.15) is 0 Å². The van der Waals surface area contributed by atoms with Crippen molar-refractivity contribution in [3.05, 3.63) is 79.9 Å². The molecule has 0 atom stereocenters. The molecule has 0 saturated carbocycles. The van der Waals surface area contributed by atoms with Crippen molar-refractivity contribution < 1.29 is 18.1 Å². The van der Waals surface area contributed by atoms with Crippen molar-refractivity contribution in [1.82, 2.24) is 9.72 Å². The van der Waals surface area contributed by atoms with Gasteiger partial charge in [-0.3, -0.25) is 14.2 Å². The Balaban J connectivity index is 1.92. The third-order valence-electron chi connectivity index (χ3n) is 3.99. The van der Waals surface area contributed by atoms with Crippen molar-refractivity contribution in [2.75, 3.05) is 0 Å². The number of halogens is 2. The Morgan fingerprint density at radius 3 is 2.69 bits per heavy atom. The molecule has 0 bridgehead atoms. The molecule has 4 rings (SSSR count). The molecule has 5 nitrogen and oxygen atoms in total. The Labute approximate surface area is 149 Å². The van der Waals surface area contributed by atoms with Crippen LogP contribution in [-0.4, -0.2) is 16.0 Å². The molecule has 8 heteroatoms. The summed E-state index contributed by atoms with van der Waals surface area (Å²) in [6.07, 6.45) is 0.647. The molecule has 0 N–H and O–H groups in total. The highest BCUT2D eigenvalue weighted by molar-refractivity contribution is 7.07. The highest BCUT2D eigenvalue weighted by Gasteiger charge is 2.23. The van der Waals surface area contributed by atoms with Crippen LogP contribution in [0.25, 0.3) is 16.8 Å². The maximum atomic E-state index is 14.1. The third kappa shape index (κ3) is 2.55. The van der Waals surface area contributed by atoms with Crippen molar-refractivity contribution in [1.29, 1.82) is 0 Å². The predicted octanol–water partition coefficient (Wildman–Crippen LogP) is 3.72. The number of fused-ring (bicyclic) bond motifs is 1. The van der Waals surface area contributed by atoms with E-state index in [1.165, 1.54) is 4.57 Å². The maximum Gasteiger partial charge on any atom is 0.313 e. The molecule has 0 fully saturated rings. The van der Waals surface area contributed by atoms with E-state index in [2.05, 4.69) is 5.16 Å². The normalized spacial score (nSPS) is 11.2. The second kappa shape index (κ2) is 6.30. The van der Waals surface area contributed by atoms with Gasteiger partial charge in [0.05, 0.1) is 10.9 Å². The number of benzene rings is 2. The summed E-state index contributed by atoms with van der Waals surface area (Å²) in [5.74, 6) is -2.59. The fourth-order valence-electron chi connectivity index (χ4n) is 2.76. The summed E-state index contributed by atoms with van der Waals surface area (Å²) in [5.41, 5.74) is 0.690. The first kappa shape index (κ1) is 16.3. The minimum atomic E-state index is -1.31. The van der Waals surface area contributed by atoms with E-state index in [0.29, 0.717) is 12.1 Å². The molecule has 0 unspecified atom stereocenters. The van der Waals surface area contributed by atoms with Crippen LogP contribution in [0.2, 0.25) is 0 Å². The predicted molar refractivity (Wildman–Crippen MR) is 92.0 cm³/mol. The monoisotopic (exact) mass is 372 g/mol. The minimum absolute atomic E-state index is 0.0270. The number of aldehydes is 1. The summed E-state index contributed by atoms with van der Waals surface area (Å²) >= 11 is 0.963. The van der Waals surface area contributed by atoms with Crippen molar-refractivity contribution in [3.63, 3.8) is 0 Å². The van der Waals surface area contributed by atoms with Crippen LogP contribution in [0.1, 0.15) is 21.6 Å². The number of carbonyl (C=O) groups excluding carboxylic acids is 1. The van der Waals surface area contributed by atoms with E-state index in [4.69, 9.17) is 4.52 Å². The average molecular weight is 372 g/mol. The number of nitrogens with zero attached hydrogens (tertiary/aromatic N) is 2. The zero-order valence-electron chi connectivity index (χ0n) is 13.1. The molecule has 130 valence electrons. The number of thiazole rings is 1. The minimum Gasteiger partial charge on any atom is -0.351 e. The fourth-order valence-corrected chi connectivity index (χ4v) is 3.49. The summed E-state index contributed by atoms with van der Waals surface area (Å²) < 4.78 is 34.1. The van der Waals surface area contributed by atoms with E-state index in [0.717, 1.165) is 23.0 Å². The lowest BCUT2D eigenvalue weighted by Gasteiger charge is -2.05. The van der Waals surface area contributed by atoms with Crippen molar-refractivity contribution in [2.45, 2.75) is 6.42 Å². The van der Waals surface area contributed by atoms with Gasteiger partial charge in [0.25, 0.3) is 0 Å². The highest BCUT2D eigenvalue weighted by atomic mass is 32.1. The second-order valence-corrected chi connectivity index (χ2v) is 6.41. The van der Waals surface area contributed by atoms with E-state index >= 15 is 0 Å². The van der Waals surface area contributed by atoms with Crippen molar-refractivity contribution in [2.24, 2.45) is 0 Å². The summed E-state index contributed by atoms with van der Waals surface area (Å²) in [6, 6.07) is 10.6. The van der Waals surface area contributed by atoms with Gasteiger partial charge in [-0.1, -0.05) is 46.8 Å². The molecule has 0 radical (unpaired) electrons. The van der Waals surface area contributed by atoms with Crippen LogP contribution >= 0.6 is 11.3 Å². The fraction of sp³-hybridized carbons (Fsp3) is 0.0556. The first-order valence-electron chi connectivity index (χ1n) is 7.56. The largest absolute Gasteiger partial charge is 0.351 e. The van der Waals surface area contributed by atoms with Gasteiger partial charge in [-0.05, 0) is 11.6 Å². The maximum absolute atomic E-state index is 14.1. The lowest BCUT2D eigenvalue weighted by atomic mass is 10.1. The molecule has 2 aromatic carbocycles. The molecular weight excluding hydrogens is 362 g/mol. The number of carbonyl (C=O) groups is 1. The van der Waals surface area contributed by atoms with Crippen LogP contribution in [0.15, 0.2) is 51.1 Å². The molecule has 2 aromatic heterocycles. The summed E-state index contributed by atoms with van der Waals surface area (Å²) in [7, 11) is 0. The van der Waals surface area contributed by atoms with Gasteiger partial charge in [-0.2, -0.15) is 4.39 Å². The van der Waals surface area contributed by atoms with Gasteiger partial charge in [-0.15, -0.1) is 0 Å². The number of rotatable bonds is 4. The van der Waals surface area contributed by atoms with Crippen LogP contribution in [0.5, 0.6) is 0 Å². The van der Waals surface area contributed by atoms with Gasteiger partial charge in [-0.25, -0.2) is 4.39 Å². The third-order valence-corrected chi connectivity index (χ3v) is 4.76. The van der Waals surface area contributed by atoms with Gasteiger partial charge in [0, 0.05) is 17.5 Å². The molecule has 26 heavy (non-hydrogen) atoms. The molecule has 4 aromatic rings. The Hall–Kier alpha value is -3.13. The zero-order chi connectivity index (χ0) is 18.3. The SMILES string of the molecule is O=Cc1cc2c(-n3c(Cc4ccccc4)csc3=O)noc2c(F)c1F. The Bertz CT molecular complexity index is 1180. The summed E-state index contributed by atoms with van der Waals surface area (Å²) in [5, 5.41) is 5.48. The van der Waals surface area contributed by atoms with Crippen LogP contribution in [0, 0.1) is 11.6 Å². The zero-order valence-corrected chi connectivity index (χ0v) is 13.9. The number of hydrogen-bond acceptors (Lipinski definition) is 5. The first-order valence-corrected chi connectivity index (χ1v) is 8.44. The van der Waals surface area contributed by atoms with Gasteiger partial charge < -0.3 is 4.52 Å². The topological polar surface area (TPSA) is 65.1 Å². The standard InChI is InChI=1S/C18H10F2N2O3S/c19-14-11(8-23)7-13-16(15(14)20)25-21-17(13)22-12(9-26-18(22)24)6-10-4-2-1-3-5-10/h1-5,7-9H,6H2. The Morgan fingerprint density at radius 1 is 1.19 bits per heavy atom. The molecule has 0 aliphatic carbocycles. The van der Waals surface area contributed by atoms with E-state index in [-0.39, 0.29) is 22.4 Å². The lowest BCUT2D eigenvalue weighted by Crippen LogP contribution is -2.14. The molecule has 0 amide bonds. The van der Waals surface area contributed by atoms with Crippen molar-refractivity contribution >= 4 is 28.6 Å². The first-order chi connectivity index (χ1) is 12.6. The summed E-state index contributed by atoms with van der Waals surface area (Å²) in [6.45, 7) is 0. The van der Waals surface area contributed by atoms with E-state index in [1.807, 2.05) is 30.3 Å². The van der Waals surface area contributed by atoms with Crippen LogP contribution in [0.4, 0.5) is 8.78 Å². The van der Waals surface area contributed by atoms with Crippen LogP contribution < -0.4 is 4.87 Å². The second-order valence-electron chi connectivity index (χ2n) is 5.59. The highest BCUT2D eigenvalue weighted by Crippen LogP contribution is 2.28. The average Bonchev–Trinajstić information content (AvgIpc) is 3.22. The molecule has 0 aliphatic rings. The van der Waals surface area contributed by atoms with Gasteiger partial charge >= 0.3 is 4.87 Å². The quantitative estimate of drug-likeness (QED) is 0.512. The smallest absolute Gasteiger partial charge is 0.313 e. The lowest BCUT2D eigenvalue weighted by molar-refractivity contribution is 0.111. The van der Waals surface area contributed by atoms with E-state index in [1.54, 1.807) is 5.38 Å². The van der Waals surface area contributed by atoms with Crippen LogP contribution in [-0.2, 0) is 6.42 Å². The Morgan fingerprint density at radius 2 is 1.96 bits per heavy atom. The molecule has 0 aliphatic heterocycles. The van der Waals surface area contributed by atoms with Gasteiger partial charge in [0.15, 0.2) is 17.9 Å². The summed E-state index contributed by atoms with van der Waals surface area (Å²) in [4.78, 5) is 23.0. The van der Waals surface area contributed by atoms with Crippen LogP contribution in [0.3, 0.4) is 0 Å². The number of aromatic nitrogens is 2.